The zero-order valence-corrected chi connectivity index (χ0v) is 17.8. The SMILES string of the molecule is Cc1c(C(=O)N2CCCC(C(=O)Nc3ccc(Br)cn3)C2)[nH]c2c1C(=O)CCC2. The molecule has 0 aromatic carbocycles. The maximum absolute atomic E-state index is 13.1. The molecule has 1 aliphatic heterocycles. The average molecular weight is 459 g/mol. The van der Waals surface area contributed by atoms with Gasteiger partial charge in [0.1, 0.15) is 11.5 Å². The van der Waals surface area contributed by atoms with Crippen LogP contribution in [0.2, 0.25) is 0 Å². The number of hydrogen-bond donors (Lipinski definition) is 2. The Hall–Kier alpha value is -2.48. The number of aryl methyl sites for hydroxylation is 1. The molecule has 2 N–H and O–H groups in total. The van der Waals surface area contributed by atoms with Gasteiger partial charge in [-0.3, -0.25) is 14.4 Å². The van der Waals surface area contributed by atoms with E-state index in [1.807, 2.05) is 13.0 Å². The van der Waals surface area contributed by atoms with Gasteiger partial charge >= 0.3 is 0 Å². The van der Waals surface area contributed by atoms with Gasteiger partial charge in [0.2, 0.25) is 5.91 Å². The fourth-order valence-corrected chi connectivity index (χ4v) is 4.43. The summed E-state index contributed by atoms with van der Waals surface area (Å²) in [6.07, 6.45) is 5.26. The molecule has 1 fully saturated rings. The molecular formula is C21H23BrN4O3. The Labute approximate surface area is 177 Å². The number of H-pyrrole nitrogens is 1. The number of hydrogen-bond acceptors (Lipinski definition) is 4. The topological polar surface area (TPSA) is 95.2 Å². The van der Waals surface area contributed by atoms with Gasteiger partial charge in [0, 0.05) is 41.4 Å². The molecule has 4 rings (SSSR count). The molecule has 0 saturated carbocycles. The van der Waals surface area contributed by atoms with Crippen molar-refractivity contribution >= 4 is 39.3 Å². The molecule has 0 spiro atoms. The van der Waals surface area contributed by atoms with Crippen molar-refractivity contribution in [2.45, 2.75) is 39.0 Å². The molecule has 2 aromatic rings. The Morgan fingerprint density at radius 3 is 2.83 bits per heavy atom. The minimum Gasteiger partial charge on any atom is -0.354 e. The molecule has 1 saturated heterocycles. The number of carbonyl (C=O) groups excluding carboxylic acids is 3. The fraction of sp³-hybridized carbons (Fsp3) is 0.429. The van der Waals surface area contributed by atoms with Crippen molar-refractivity contribution < 1.29 is 14.4 Å². The number of aromatic amines is 1. The van der Waals surface area contributed by atoms with Crippen LogP contribution in [0, 0.1) is 12.8 Å². The largest absolute Gasteiger partial charge is 0.354 e. The van der Waals surface area contributed by atoms with Crippen LogP contribution in [0.25, 0.3) is 0 Å². The van der Waals surface area contributed by atoms with Crippen LogP contribution in [0.4, 0.5) is 5.82 Å². The van der Waals surface area contributed by atoms with E-state index in [4.69, 9.17) is 0 Å². The lowest BCUT2D eigenvalue weighted by atomic mass is 9.93. The summed E-state index contributed by atoms with van der Waals surface area (Å²) in [7, 11) is 0. The monoisotopic (exact) mass is 458 g/mol. The quantitative estimate of drug-likeness (QED) is 0.735. The van der Waals surface area contributed by atoms with E-state index in [-0.39, 0.29) is 23.5 Å². The lowest BCUT2D eigenvalue weighted by Crippen LogP contribution is -2.44. The molecule has 0 radical (unpaired) electrons. The van der Waals surface area contributed by atoms with Gasteiger partial charge in [-0.05, 0) is 66.2 Å². The maximum atomic E-state index is 13.1. The predicted octanol–water partition coefficient (Wildman–Crippen LogP) is 3.49. The van der Waals surface area contributed by atoms with Crippen LogP contribution in [0.3, 0.4) is 0 Å². The van der Waals surface area contributed by atoms with Crippen LogP contribution in [0.1, 0.15) is 57.8 Å². The zero-order valence-electron chi connectivity index (χ0n) is 16.3. The van der Waals surface area contributed by atoms with Crippen molar-refractivity contribution in [1.82, 2.24) is 14.9 Å². The molecule has 7 nitrogen and oxygen atoms in total. The average Bonchev–Trinajstić information content (AvgIpc) is 3.07. The van der Waals surface area contributed by atoms with Crippen molar-refractivity contribution in [2.24, 2.45) is 5.92 Å². The first-order valence-corrected chi connectivity index (χ1v) is 10.7. The summed E-state index contributed by atoms with van der Waals surface area (Å²) < 4.78 is 0.840. The van der Waals surface area contributed by atoms with Crippen molar-refractivity contribution in [3.8, 4) is 0 Å². The minimum absolute atomic E-state index is 0.108. The molecular weight excluding hydrogens is 436 g/mol. The number of halogens is 1. The van der Waals surface area contributed by atoms with Crippen LogP contribution in [-0.4, -0.2) is 45.6 Å². The third-order valence-electron chi connectivity index (χ3n) is 5.71. The third-order valence-corrected chi connectivity index (χ3v) is 6.18. The first-order chi connectivity index (χ1) is 13.9. The zero-order chi connectivity index (χ0) is 20.5. The number of rotatable bonds is 3. The summed E-state index contributed by atoms with van der Waals surface area (Å²) in [4.78, 5) is 47.1. The maximum Gasteiger partial charge on any atom is 0.270 e. The lowest BCUT2D eigenvalue weighted by molar-refractivity contribution is -0.121. The molecule has 1 aliphatic carbocycles. The van der Waals surface area contributed by atoms with Crippen LogP contribution in [-0.2, 0) is 11.2 Å². The smallest absolute Gasteiger partial charge is 0.270 e. The van der Waals surface area contributed by atoms with Crippen molar-refractivity contribution in [3.63, 3.8) is 0 Å². The van der Waals surface area contributed by atoms with E-state index >= 15 is 0 Å². The van der Waals surface area contributed by atoms with Gasteiger partial charge in [-0.15, -0.1) is 0 Å². The van der Waals surface area contributed by atoms with E-state index in [1.54, 1.807) is 17.2 Å². The Morgan fingerprint density at radius 2 is 2.10 bits per heavy atom. The van der Waals surface area contributed by atoms with Crippen LogP contribution >= 0.6 is 15.9 Å². The molecule has 8 heteroatoms. The van der Waals surface area contributed by atoms with Crippen LogP contribution < -0.4 is 5.32 Å². The highest BCUT2D eigenvalue weighted by molar-refractivity contribution is 9.10. The highest BCUT2D eigenvalue weighted by Crippen LogP contribution is 2.28. The molecule has 152 valence electrons. The van der Waals surface area contributed by atoms with E-state index in [0.29, 0.717) is 36.6 Å². The number of fused-ring (bicyclic) bond motifs is 1. The number of aromatic nitrogens is 2. The number of pyridine rings is 1. The lowest BCUT2D eigenvalue weighted by Gasteiger charge is -2.32. The second kappa shape index (κ2) is 8.10. The summed E-state index contributed by atoms with van der Waals surface area (Å²) in [5, 5.41) is 2.83. The number of piperidine rings is 1. The Morgan fingerprint density at radius 1 is 1.28 bits per heavy atom. The summed E-state index contributed by atoms with van der Waals surface area (Å²) in [6, 6.07) is 3.55. The van der Waals surface area contributed by atoms with Gasteiger partial charge < -0.3 is 15.2 Å². The normalized spacial score (nSPS) is 19.0. The highest BCUT2D eigenvalue weighted by atomic mass is 79.9. The number of carbonyl (C=O) groups is 3. The van der Waals surface area contributed by atoms with E-state index in [0.717, 1.165) is 41.4 Å². The number of nitrogens with one attached hydrogen (secondary N) is 2. The number of likely N-dealkylation sites (tertiary alicyclic amines) is 1. The summed E-state index contributed by atoms with van der Waals surface area (Å²) in [5.74, 6) is 0.0497. The molecule has 2 aromatic heterocycles. The van der Waals surface area contributed by atoms with Gasteiger partial charge in [-0.2, -0.15) is 0 Å². The van der Waals surface area contributed by atoms with Gasteiger partial charge in [-0.25, -0.2) is 4.98 Å². The van der Waals surface area contributed by atoms with Gasteiger partial charge in [0.05, 0.1) is 5.92 Å². The second-order valence-electron chi connectivity index (χ2n) is 7.70. The van der Waals surface area contributed by atoms with E-state index in [2.05, 4.69) is 31.2 Å². The highest BCUT2D eigenvalue weighted by Gasteiger charge is 2.32. The van der Waals surface area contributed by atoms with E-state index < -0.39 is 0 Å². The number of anilines is 1. The Kier molecular flexibility index (Phi) is 5.54. The summed E-state index contributed by atoms with van der Waals surface area (Å²) in [6.45, 7) is 2.80. The van der Waals surface area contributed by atoms with Gasteiger partial charge in [-0.1, -0.05) is 0 Å². The summed E-state index contributed by atoms with van der Waals surface area (Å²) in [5.41, 5.74) is 2.78. The molecule has 1 atom stereocenters. The number of Topliss-reactive ketones (excluding diaryl/α,β-unsaturated/α-hetero) is 1. The molecule has 1 unspecified atom stereocenters. The predicted molar refractivity (Wildman–Crippen MR) is 112 cm³/mol. The van der Waals surface area contributed by atoms with Crippen molar-refractivity contribution in [1.29, 1.82) is 0 Å². The fourth-order valence-electron chi connectivity index (χ4n) is 4.20. The molecule has 2 amide bonds. The third kappa shape index (κ3) is 3.99. The number of amides is 2. The Balaban J connectivity index is 1.47. The van der Waals surface area contributed by atoms with Gasteiger partial charge in [0.15, 0.2) is 5.78 Å². The van der Waals surface area contributed by atoms with Crippen LogP contribution in [0.5, 0.6) is 0 Å². The van der Waals surface area contributed by atoms with Crippen molar-refractivity contribution in [3.05, 3.63) is 45.3 Å². The summed E-state index contributed by atoms with van der Waals surface area (Å²) >= 11 is 3.32. The van der Waals surface area contributed by atoms with E-state index in [1.165, 1.54) is 0 Å². The molecule has 29 heavy (non-hydrogen) atoms. The first kappa shape index (κ1) is 19.8. The number of ketones is 1. The first-order valence-electron chi connectivity index (χ1n) is 9.90. The van der Waals surface area contributed by atoms with E-state index in [9.17, 15) is 14.4 Å². The van der Waals surface area contributed by atoms with Crippen LogP contribution in [0.15, 0.2) is 22.8 Å². The molecule has 0 bridgehead atoms. The van der Waals surface area contributed by atoms with Crippen molar-refractivity contribution in [2.75, 3.05) is 18.4 Å². The second-order valence-corrected chi connectivity index (χ2v) is 8.61. The number of nitrogens with zero attached hydrogens (tertiary/aromatic N) is 2. The standard InChI is InChI=1S/C21H23BrN4O3/c1-12-18-15(5-2-6-16(18)27)24-19(12)21(29)26-9-3-4-13(11-26)20(28)25-17-8-7-14(22)10-23-17/h7-8,10,13,24H,2-6,9,11H2,1H3,(H,23,25,28). The minimum atomic E-state index is -0.287. The Bertz CT molecular complexity index is 967. The van der Waals surface area contributed by atoms with Gasteiger partial charge in [0.25, 0.3) is 5.91 Å². The molecule has 2 aliphatic rings. The molecule has 3 heterocycles.